The van der Waals surface area contributed by atoms with Crippen LogP contribution in [0.2, 0.25) is 5.02 Å². The lowest BCUT2D eigenvalue weighted by molar-refractivity contribution is 0.102. The van der Waals surface area contributed by atoms with Crippen LogP contribution >= 0.6 is 11.6 Å². The molecule has 0 aliphatic heterocycles. The first-order valence-electron chi connectivity index (χ1n) is 10.6. The number of carbonyl (C=O) groups is 1. The lowest BCUT2D eigenvalue weighted by Gasteiger charge is -2.08. The summed E-state index contributed by atoms with van der Waals surface area (Å²) in [7, 11) is 0. The van der Waals surface area contributed by atoms with Crippen molar-refractivity contribution >= 4 is 23.2 Å². The number of anilines is 1. The normalized spacial score (nSPS) is 10.6. The molecule has 0 fully saturated rings. The highest BCUT2D eigenvalue weighted by Crippen LogP contribution is 2.19. The van der Waals surface area contributed by atoms with Crippen LogP contribution in [-0.4, -0.2) is 15.7 Å². The molecule has 4 aromatic rings. The van der Waals surface area contributed by atoms with Gasteiger partial charge in [0.15, 0.2) is 6.73 Å². The second-order valence-corrected chi connectivity index (χ2v) is 7.87. The molecule has 1 amide bonds. The second kappa shape index (κ2) is 10.7. The van der Waals surface area contributed by atoms with E-state index < -0.39 is 0 Å². The number of hydrogen-bond donors (Lipinski definition) is 1. The smallest absolute Gasteiger partial charge is 0.255 e. The van der Waals surface area contributed by atoms with Crippen LogP contribution in [0.3, 0.4) is 0 Å². The molecule has 33 heavy (non-hydrogen) atoms. The zero-order valence-electron chi connectivity index (χ0n) is 18.2. The summed E-state index contributed by atoms with van der Waals surface area (Å²) in [6.45, 7) is 2.75. The molecular weight excluding hydrogens is 438 g/mol. The molecule has 7 heteroatoms. The number of ether oxygens (including phenoxy) is 2. The highest BCUT2D eigenvalue weighted by atomic mass is 35.5. The number of amides is 1. The molecule has 0 saturated carbocycles. The van der Waals surface area contributed by atoms with E-state index in [0.717, 1.165) is 17.7 Å². The molecule has 0 aliphatic carbocycles. The molecule has 0 aliphatic rings. The standard InChI is InChI=1S/C26H24ClN3O3/c1-2-19-8-12-24(13-9-19)33-18-30-16-23(15-28-30)29-26(31)21-10-6-20(7-11-21)17-32-25-5-3-4-22(27)14-25/h3-16H,2,17-18H2,1H3,(H,29,31). The van der Waals surface area contributed by atoms with Crippen molar-refractivity contribution < 1.29 is 14.3 Å². The molecule has 0 atom stereocenters. The van der Waals surface area contributed by atoms with Gasteiger partial charge in [0.05, 0.1) is 18.1 Å². The third-order valence-electron chi connectivity index (χ3n) is 5.00. The van der Waals surface area contributed by atoms with Crippen LogP contribution in [0.5, 0.6) is 11.5 Å². The van der Waals surface area contributed by atoms with Crippen molar-refractivity contribution in [1.29, 1.82) is 0 Å². The van der Waals surface area contributed by atoms with E-state index in [-0.39, 0.29) is 12.6 Å². The molecule has 0 bridgehead atoms. The van der Waals surface area contributed by atoms with Crippen molar-refractivity contribution in [2.45, 2.75) is 26.7 Å². The highest BCUT2D eigenvalue weighted by Gasteiger charge is 2.08. The predicted octanol–water partition coefficient (Wildman–Crippen LogP) is 5.97. The fraction of sp³-hybridized carbons (Fsp3) is 0.154. The van der Waals surface area contributed by atoms with Crippen LogP contribution in [0.25, 0.3) is 0 Å². The Kier molecular flexibility index (Phi) is 7.27. The minimum Gasteiger partial charge on any atom is -0.489 e. The average molecular weight is 462 g/mol. The lowest BCUT2D eigenvalue weighted by Crippen LogP contribution is -2.11. The molecule has 0 unspecified atom stereocenters. The van der Waals surface area contributed by atoms with Crippen LogP contribution in [0.4, 0.5) is 5.69 Å². The van der Waals surface area contributed by atoms with E-state index >= 15 is 0 Å². The van der Waals surface area contributed by atoms with E-state index in [1.54, 1.807) is 41.3 Å². The molecule has 1 aromatic heterocycles. The molecule has 0 spiro atoms. The van der Waals surface area contributed by atoms with Gasteiger partial charge in [-0.2, -0.15) is 5.10 Å². The first-order valence-corrected chi connectivity index (χ1v) is 11.0. The summed E-state index contributed by atoms with van der Waals surface area (Å²) in [5, 5.41) is 7.71. The number of benzene rings is 3. The third-order valence-corrected chi connectivity index (χ3v) is 5.24. The van der Waals surface area contributed by atoms with Gasteiger partial charge < -0.3 is 14.8 Å². The highest BCUT2D eigenvalue weighted by molar-refractivity contribution is 6.30. The topological polar surface area (TPSA) is 65.4 Å². The van der Waals surface area contributed by atoms with Gasteiger partial charge in [-0.15, -0.1) is 0 Å². The van der Waals surface area contributed by atoms with Gasteiger partial charge in [0.2, 0.25) is 0 Å². The minimum atomic E-state index is -0.215. The van der Waals surface area contributed by atoms with Gasteiger partial charge in [-0.1, -0.05) is 48.9 Å². The maximum absolute atomic E-state index is 12.6. The van der Waals surface area contributed by atoms with E-state index in [2.05, 4.69) is 17.3 Å². The fourth-order valence-electron chi connectivity index (χ4n) is 3.14. The van der Waals surface area contributed by atoms with Gasteiger partial charge in [-0.25, -0.2) is 4.68 Å². The van der Waals surface area contributed by atoms with Crippen molar-refractivity contribution in [2.75, 3.05) is 5.32 Å². The zero-order valence-corrected chi connectivity index (χ0v) is 19.0. The van der Waals surface area contributed by atoms with Crippen LogP contribution in [0.15, 0.2) is 85.2 Å². The molecule has 6 nitrogen and oxygen atoms in total. The first kappa shape index (κ1) is 22.4. The van der Waals surface area contributed by atoms with Gasteiger partial charge in [-0.3, -0.25) is 4.79 Å². The van der Waals surface area contributed by atoms with E-state index in [1.807, 2.05) is 48.5 Å². The Morgan fingerprint density at radius 3 is 2.45 bits per heavy atom. The molecule has 168 valence electrons. The Labute approximate surface area is 197 Å². The van der Waals surface area contributed by atoms with Gasteiger partial charge in [0, 0.05) is 10.6 Å². The lowest BCUT2D eigenvalue weighted by atomic mass is 10.1. The second-order valence-electron chi connectivity index (χ2n) is 7.44. The maximum atomic E-state index is 12.6. The van der Waals surface area contributed by atoms with Crippen molar-refractivity contribution in [3.8, 4) is 11.5 Å². The quantitative estimate of drug-likeness (QED) is 0.333. The van der Waals surface area contributed by atoms with Gasteiger partial charge in [0.25, 0.3) is 5.91 Å². The molecular formula is C26H24ClN3O3. The monoisotopic (exact) mass is 461 g/mol. The average Bonchev–Trinajstić information content (AvgIpc) is 3.29. The summed E-state index contributed by atoms with van der Waals surface area (Å²) in [5.74, 6) is 1.25. The Balaban J connectivity index is 1.27. The molecule has 0 saturated heterocycles. The SMILES string of the molecule is CCc1ccc(OCn2cc(NC(=O)c3ccc(COc4cccc(Cl)c4)cc3)cn2)cc1. The van der Waals surface area contributed by atoms with Gasteiger partial charge >= 0.3 is 0 Å². The van der Waals surface area contributed by atoms with Crippen LogP contribution < -0.4 is 14.8 Å². The Hall–Kier alpha value is -3.77. The number of hydrogen-bond acceptors (Lipinski definition) is 4. The number of halogens is 1. The Morgan fingerprint density at radius 1 is 0.970 bits per heavy atom. The third kappa shape index (κ3) is 6.37. The summed E-state index contributed by atoms with van der Waals surface area (Å²) in [6.07, 6.45) is 4.31. The van der Waals surface area contributed by atoms with Gasteiger partial charge in [-0.05, 0) is 60.0 Å². The summed E-state index contributed by atoms with van der Waals surface area (Å²) in [6, 6.07) is 22.4. The van der Waals surface area contributed by atoms with E-state index in [1.165, 1.54) is 5.56 Å². The van der Waals surface area contributed by atoms with Crippen molar-refractivity contribution in [3.63, 3.8) is 0 Å². The van der Waals surface area contributed by atoms with Crippen molar-refractivity contribution in [2.24, 2.45) is 0 Å². The number of nitrogens with zero attached hydrogens (tertiary/aromatic N) is 2. The van der Waals surface area contributed by atoms with Crippen molar-refractivity contribution in [1.82, 2.24) is 9.78 Å². The van der Waals surface area contributed by atoms with Crippen LogP contribution in [-0.2, 0) is 19.8 Å². The van der Waals surface area contributed by atoms with Crippen LogP contribution in [0, 0.1) is 0 Å². The Morgan fingerprint density at radius 2 is 1.73 bits per heavy atom. The summed E-state index contributed by atoms with van der Waals surface area (Å²) in [5.41, 5.74) is 3.34. The predicted molar refractivity (Wildman–Crippen MR) is 129 cm³/mol. The number of nitrogens with one attached hydrogen (secondary N) is 1. The summed E-state index contributed by atoms with van der Waals surface area (Å²) < 4.78 is 13.1. The zero-order chi connectivity index (χ0) is 23.0. The minimum absolute atomic E-state index is 0.215. The number of carbonyl (C=O) groups excluding carboxylic acids is 1. The van der Waals surface area contributed by atoms with E-state index in [4.69, 9.17) is 21.1 Å². The van der Waals surface area contributed by atoms with E-state index in [0.29, 0.717) is 28.6 Å². The molecule has 3 aromatic carbocycles. The molecule has 4 rings (SSSR count). The summed E-state index contributed by atoms with van der Waals surface area (Å²) in [4.78, 5) is 12.6. The summed E-state index contributed by atoms with van der Waals surface area (Å²) >= 11 is 5.97. The maximum Gasteiger partial charge on any atom is 0.255 e. The number of aryl methyl sites for hydroxylation is 1. The van der Waals surface area contributed by atoms with Crippen molar-refractivity contribution in [3.05, 3.63) is 107 Å². The first-order chi connectivity index (χ1) is 16.1. The molecule has 0 radical (unpaired) electrons. The van der Waals surface area contributed by atoms with Crippen LogP contribution in [0.1, 0.15) is 28.4 Å². The largest absolute Gasteiger partial charge is 0.489 e. The molecule has 1 heterocycles. The van der Waals surface area contributed by atoms with Gasteiger partial charge in [0.1, 0.15) is 18.1 Å². The Bertz CT molecular complexity index is 1200. The fourth-order valence-corrected chi connectivity index (χ4v) is 3.32. The number of aromatic nitrogens is 2. The number of rotatable bonds is 9. The van der Waals surface area contributed by atoms with E-state index in [9.17, 15) is 4.79 Å². The molecule has 1 N–H and O–H groups in total.